The summed E-state index contributed by atoms with van der Waals surface area (Å²) in [4.78, 5) is 19.8. The van der Waals surface area contributed by atoms with E-state index in [9.17, 15) is 4.79 Å². The van der Waals surface area contributed by atoms with Gasteiger partial charge in [0.1, 0.15) is 6.04 Å². The third-order valence-corrected chi connectivity index (χ3v) is 3.11. The lowest BCUT2D eigenvalue weighted by Crippen LogP contribution is -2.32. The van der Waals surface area contributed by atoms with Gasteiger partial charge in [-0.05, 0) is 37.5 Å². The Balaban J connectivity index is 2.38. The number of nitrogens with zero attached hydrogens (tertiary/aromatic N) is 2. The van der Waals surface area contributed by atoms with Crippen molar-refractivity contribution in [1.82, 2.24) is 9.97 Å². The smallest absolute Gasteiger partial charge is 0.320 e. The van der Waals surface area contributed by atoms with Crippen LogP contribution in [0.4, 0.5) is 0 Å². The summed E-state index contributed by atoms with van der Waals surface area (Å²) in [7, 11) is 0. The minimum atomic E-state index is -0.997. The number of aliphatic carboxylic acids is 1. The van der Waals surface area contributed by atoms with Crippen LogP contribution in [0.2, 0.25) is 0 Å². The number of fused-ring (bicyclic) bond motifs is 1. The molecule has 2 rings (SSSR count). The highest BCUT2D eigenvalue weighted by Gasteiger charge is 2.13. The molecule has 19 heavy (non-hydrogen) atoms. The molecule has 5 nitrogen and oxygen atoms in total. The fraction of sp³-hybridized carbons (Fsp3) is 0.357. The Morgan fingerprint density at radius 2 is 2.11 bits per heavy atom. The van der Waals surface area contributed by atoms with Gasteiger partial charge in [-0.25, -0.2) is 9.97 Å². The van der Waals surface area contributed by atoms with Gasteiger partial charge in [0.05, 0.1) is 22.4 Å². The van der Waals surface area contributed by atoms with Crippen LogP contribution in [0.3, 0.4) is 0 Å². The molecular weight excluding hydrogens is 242 g/mol. The van der Waals surface area contributed by atoms with Gasteiger partial charge in [0.2, 0.25) is 0 Å². The molecule has 1 aromatic heterocycles. The number of aromatic nitrogens is 2. The molecule has 1 aromatic carbocycles. The average molecular weight is 259 g/mol. The van der Waals surface area contributed by atoms with Crippen molar-refractivity contribution in [2.45, 2.75) is 32.7 Å². The summed E-state index contributed by atoms with van der Waals surface area (Å²) < 4.78 is 0. The maximum absolute atomic E-state index is 10.8. The van der Waals surface area contributed by atoms with Crippen molar-refractivity contribution in [2.75, 3.05) is 0 Å². The van der Waals surface area contributed by atoms with Gasteiger partial charge in [0, 0.05) is 0 Å². The van der Waals surface area contributed by atoms with Crippen molar-refractivity contribution in [2.24, 2.45) is 5.73 Å². The molecule has 0 amide bonds. The molecule has 0 fully saturated rings. The second-order valence-corrected chi connectivity index (χ2v) is 4.58. The van der Waals surface area contributed by atoms with Gasteiger partial charge in [0.15, 0.2) is 0 Å². The zero-order chi connectivity index (χ0) is 14.0. The second kappa shape index (κ2) is 5.32. The average Bonchev–Trinajstić information content (AvgIpc) is 2.37. The molecule has 0 bridgehead atoms. The Bertz CT molecular complexity index is 625. The van der Waals surface area contributed by atoms with Crippen LogP contribution in [-0.4, -0.2) is 27.1 Å². The standard InChI is InChI=1S/C14H17N3O2/c1-3-11-8(2)16-13-7-9(4-5-12(13)17-11)6-10(15)14(18)19/h4-5,7,10H,3,6,15H2,1-2H3,(H,18,19). The number of nitrogens with two attached hydrogens (primary N) is 1. The summed E-state index contributed by atoms with van der Waals surface area (Å²) in [5.41, 5.74) is 9.91. The van der Waals surface area contributed by atoms with Crippen molar-refractivity contribution in [1.29, 1.82) is 0 Å². The van der Waals surface area contributed by atoms with Gasteiger partial charge >= 0.3 is 5.97 Å². The van der Waals surface area contributed by atoms with Crippen LogP contribution in [0.5, 0.6) is 0 Å². The van der Waals surface area contributed by atoms with Crippen LogP contribution in [0.25, 0.3) is 11.0 Å². The Labute approximate surface area is 111 Å². The normalized spacial score (nSPS) is 12.6. The molecule has 0 aliphatic heterocycles. The summed E-state index contributed by atoms with van der Waals surface area (Å²) in [5.74, 6) is -0.997. The summed E-state index contributed by atoms with van der Waals surface area (Å²) in [6, 6.07) is 4.69. The summed E-state index contributed by atoms with van der Waals surface area (Å²) in [5, 5.41) is 8.82. The third kappa shape index (κ3) is 2.88. The first-order chi connectivity index (χ1) is 9.01. The van der Waals surface area contributed by atoms with Crippen LogP contribution in [0.1, 0.15) is 23.9 Å². The molecule has 0 spiro atoms. The van der Waals surface area contributed by atoms with E-state index in [1.54, 1.807) is 0 Å². The quantitative estimate of drug-likeness (QED) is 0.867. The Kier molecular flexibility index (Phi) is 3.76. The minimum absolute atomic E-state index is 0.293. The van der Waals surface area contributed by atoms with Gasteiger partial charge in [-0.1, -0.05) is 13.0 Å². The lowest BCUT2D eigenvalue weighted by Gasteiger charge is -2.08. The zero-order valence-corrected chi connectivity index (χ0v) is 11.1. The fourth-order valence-electron chi connectivity index (χ4n) is 2.03. The molecule has 2 aromatic rings. The predicted octanol–water partition coefficient (Wildman–Crippen LogP) is 1.46. The second-order valence-electron chi connectivity index (χ2n) is 4.58. The molecular formula is C14H17N3O2. The third-order valence-electron chi connectivity index (χ3n) is 3.11. The molecule has 0 aliphatic rings. The van der Waals surface area contributed by atoms with Crippen molar-refractivity contribution in [3.8, 4) is 0 Å². The SMILES string of the molecule is CCc1nc2ccc(CC(N)C(=O)O)cc2nc1C. The van der Waals surface area contributed by atoms with E-state index < -0.39 is 12.0 Å². The van der Waals surface area contributed by atoms with E-state index >= 15 is 0 Å². The fourth-order valence-corrected chi connectivity index (χ4v) is 2.03. The number of aryl methyl sites for hydroxylation is 2. The highest BCUT2D eigenvalue weighted by Crippen LogP contribution is 2.16. The molecule has 3 N–H and O–H groups in total. The maximum atomic E-state index is 10.8. The largest absolute Gasteiger partial charge is 0.480 e. The predicted molar refractivity (Wildman–Crippen MR) is 73.0 cm³/mol. The van der Waals surface area contributed by atoms with E-state index in [2.05, 4.69) is 9.97 Å². The highest BCUT2D eigenvalue weighted by molar-refractivity contribution is 5.77. The number of benzene rings is 1. The van der Waals surface area contributed by atoms with Crippen molar-refractivity contribution in [3.05, 3.63) is 35.2 Å². The lowest BCUT2D eigenvalue weighted by molar-refractivity contribution is -0.138. The lowest BCUT2D eigenvalue weighted by atomic mass is 10.1. The maximum Gasteiger partial charge on any atom is 0.320 e. The van der Waals surface area contributed by atoms with Crippen LogP contribution < -0.4 is 5.73 Å². The highest BCUT2D eigenvalue weighted by atomic mass is 16.4. The molecule has 0 radical (unpaired) electrons. The van der Waals surface area contributed by atoms with E-state index in [0.717, 1.165) is 34.4 Å². The molecule has 1 atom stereocenters. The Morgan fingerprint density at radius 1 is 1.37 bits per heavy atom. The first kappa shape index (κ1) is 13.4. The van der Waals surface area contributed by atoms with E-state index in [0.29, 0.717) is 6.42 Å². The molecule has 100 valence electrons. The number of hydrogen-bond donors (Lipinski definition) is 2. The number of rotatable bonds is 4. The molecule has 1 unspecified atom stereocenters. The van der Waals surface area contributed by atoms with Crippen molar-refractivity contribution in [3.63, 3.8) is 0 Å². The van der Waals surface area contributed by atoms with E-state index in [1.165, 1.54) is 0 Å². The van der Waals surface area contributed by atoms with E-state index in [4.69, 9.17) is 10.8 Å². The van der Waals surface area contributed by atoms with Gasteiger partial charge in [-0.2, -0.15) is 0 Å². The molecule has 0 saturated carbocycles. The zero-order valence-electron chi connectivity index (χ0n) is 11.1. The van der Waals surface area contributed by atoms with Gasteiger partial charge in [0.25, 0.3) is 0 Å². The number of carbonyl (C=O) groups is 1. The Hall–Kier alpha value is -2.01. The summed E-state index contributed by atoms with van der Waals surface area (Å²) in [6.07, 6.45) is 1.14. The van der Waals surface area contributed by atoms with Crippen LogP contribution in [0.15, 0.2) is 18.2 Å². The van der Waals surface area contributed by atoms with E-state index in [1.807, 2.05) is 32.0 Å². The van der Waals surface area contributed by atoms with Gasteiger partial charge in [-0.3, -0.25) is 4.79 Å². The number of carboxylic acids is 1. The van der Waals surface area contributed by atoms with Crippen LogP contribution >= 0.6 is 0 Å². The topological polar surface area (TPSA) is 89.1 Å². The Morgan fingerprint density at radius 3 is 2.74 bits per heavy atom. The first-order valence-corrected chi connectivity index (χ1v) is 6.25. The summed E-state index contributed by atoms with van der Waals surface area (Å²) in [6.45, 7) is 3.98. The number of hydrogen-bond acceptors (Lipinski definition) is 4. The van der Waals surface area contributed by atoms with Crippen molar-refractivity contribution >= 4 is 17.0 Å². The van der Waals surface area contributed by atoms with Crippen molar-refractivity contribution < 1.29 is 9.90 Å². The number of carboxylic acid groups (broad SMARTS) is 1. The summed E-state index contributed by atoms with van der Waals surface area (Å²) >= 11 is 0. The van der Waals surface area contributed by atoms with E-state index in [-0.39, 0.29) is 0 Å². The molecule has 1 heterocycles. The van der Waals surface area contributed by atoms with Gasteiger partial charge < -0.3 is 10.8 Å². The minimum Gasteiger partial charge on any atom is -0.480 e. The van der Waals surface area contributed by atoms with Crippen LogP contribution in [0, 0.1) is 6.92 Å². The molecule has 0 aliphatic carbocycles. The molecule has 0 saturated heterocycles. The van der Waals surface area contributed by atoms with Crippen LogP contribution in [-0.2, 0) is 17.6 Å². The monoisotopic (exact) mass is 259 g/mol. The first-order valence-electron chi connectivity index (χ1n) is 6.25. The van der Waals surface area contributed by atoms with Gasteiger partial charge in [-0.15, -0.1) is 0 Å². The molecule has 5 heteroatoms.